The molecule has 3 rings (SSSR count). The van der Waals surface area contributed by atoms with Gasteiger partial charge in [-0.2, -0.15) is 0 Å². The van der Waals surface area contributed by atoms with Crippen molar-refractivity contribution in [3.05, 3.63) is 94.5 Å². The van der Waals surface area contributed by atoms with Crippen molar-refractivity contribution in [3.63, 3.8) is 0 Å². The van der Waals surface area contributed by atoms with Gasteiger partial charge in [0.2, 0.25) is 11.8 Å². The third-order valence-electron chi connectivity index (χ3n) is 6.11. The van der Waals surface area contributed by atoms with Gasteiger partial charge in [-0.3, -0.25) is 13.9 Å². The second-order valence-electron chi connectivity index (χ2n) is 8.85. The van der Waals surface area contributed by atoms with E-state index in [4.69, 9.17) is 11.6 Å². The van der Waals surface area contributed by atoms with E-state index in [2.05, 4.69) is 5.32 Å². The summed E-state index contributed by atoms with van der Waals surface area (Å²) in [6.07, 6.45) is 0.367. The van der Waals surface area contributed by atoms with Crippen LogP contribution in [0.2, 0.25) is 5.02 Å². The minimum Gasteiger partial charge on any atom is -0.357 e. The van der Waals surface area contributed by atoms with Crippen LogP contribution < -0.4 is 9.62 Å². The van der Waals surface area contributed by atoms with Gasteiger partial charge in [0.25, 0.3) is 10.0 Å². The normalized spacial score (nSPS) is 12.0. The summed E-state index contributed by atoms with van der Waals surface area (Å²) in [6.45, 7) is 5.36. The van der Waals surface area contributed by atoms with Gasteiger partial charge in [-0.05, 0) is 62.2 Å². The summed E-state index contributed by atoms with van der Waals surface area (Å²) in [5.41, 5.74) is 3.20. The second-order valence-corrected chi connectivity index (χ2v) is 11.1. The first-order valence-corrected chi connectivity index (χ1v) is 13.8. The van der Waals surface area contributed by atoms with E-state index in [1.807, 2.05) is 45.0 Å². The fourth-order valence-electron chi connectivity index (χ4n) is 3.95. The highest BCUT2D eigenvalue weighted by atomic mass is 35.5. The van der Waals surface area contributed by atoms with Crippen LogP contribution >= 0.6 is 11.6 Å². The predicted octanol–water partition coefficient (Wildman–Crippen LogP) is 4.71. The maximum absolute atomic E-state index is 13.8. The van der Waals surface area contributed by atoms with Gasteiger partial charge in [0.15, 0.2) is 0 Å². The Hall–Kier alpha value is -3.36. The zero-order valence-corrected chi connectivity index (χ0v) is 23.0. The molecule has 3 aromatic rings. The van der Waals surface area contributed by atoms with Crippen LogP contribution in [0, 0.1) is 13.8 Å². The Bertz CT molecular complexity index is 1330. The lowest BCUT2D eigenvalue weighted by Crippen LogP contribution is -2.51. The number of sulfonamides is 1. The number of carbonyl (C=O) groups excluding carboxylic acids is 2. The van der Waals surface area contributed by atoms with Crippen LogP contribution in [0.4, 0.5) is 5.69 Å². The molecule has 0 aliphatic carbocycles. The summed E-state index contributed by atoms with van der Waals surface area (Å²) >= 11 is 5.98. The molecule has 0 aromatic heterocycles. The van der Waals surface area contributed by atoms with Crippen molar-refractivity contribution in [2.75, 3.05) is 17.9 Å². The molecular formula is C28H32ClN3O4S. The Morgan fingerprint density at radius 3 is 1.95 bits per heavy atom. The Balaban J connectivity index is 2.04. The molecule has 3 aromatic carbocycles. The molecule has 0 unspecified atom stereocenters. The van der Waals surface area contributed by atoms with Crippen molar-refractivity contribution in [2.45, 2.75) is 44.7 Å². The average molecular weight is 542 g/mol. The fourth-order valence-corrected chi connectivity index (χ4v) is 5.49. The van der Waals surface area contributed by atoms with Crippen LogP contribution in [-0.2, 0) is 26.2 Å². The Morgan fingerprint density at radius 1 is 0.892 bits per heavy atom. The number of nitrogens with zero attached hydrogens (tertiary/aromatic N) is 2. The lowest BCUT2D eigenvalue weighted by molar-refractivity contribution is -0.140. The summed E-state index contributed by atoms with van der Waals surface area (Å²) in [4.78, 5) is 28.0. The van der Waals surface area contributed by atoms with Crippen molar-refractivity contribution < 1.29 is 18.0 Å². The van der Waals surface area contributed by atoms with Gasteiger partial charge in [-0.1, -0.05) is 66.0 Å². The molecule has 37 heavy (non-hydrogen) atoms. The molecule has 0 aliphatic heterocycles. The summed E-state index contributed by atoms with van der Waals surface area (Å²) in [5.74, 6) is -0.806. The van der Waals surface area contributed by atoms with E-state index in [0.29, 0.717) is 17.1 Å². The van der Waals surface area contributed by atoms with Gasteiger partial charge in [-0.25, -0.2) is 8.42 Å². The molecule has 0 aliphatic rings. The van der Waals surface area contributed by atoms with Gasteiger partial charge >= 0.3 is 0 Å². The monoisotopic (exact) mass is 541 g/mol. The van der Waals surface area contributed by atoms with Crippen LogP contribution in [0.5, 0.6) is 0 Å². The molecule has 2 amide bonds. The smallest absolute Gasteiger partial charge is 0.264 e. The standard InChI is InChI=1S/C28H32ClN3O4S/c1-5-26(28(34)30-4)31(18-22-10-6-20(2)7-11-22)27(33)19-32(24-14-8-21(3)9-15-24)37(35,36)25-16-12-23(29)13-17-25/h6-17,26H,5,18-19H2,1-4H3,(H,30,34)/t26-/m1/s1. The largest absolute Gasteiger partial charge is 0.357 e. The minimum atomic E-state index is -4.12. The molecule has 0 heterocycles. The molecule has 1 N–H and O–H groups in total. The maximum Gasteiger partial charge on any atom is 0.264 e. The van der Waals surface area contributed by atoms with Gasteiger partial charge in [0.1, 0.15) is 12.6 Å². The third kappa shape index (κ3) is 6.90. The average Bonchev–Trinajstić information content (AvgIpc) is 2.88. The number of rotatable bonds is 10. The maximum atomic E-state index is 13.8. The second kappa shape index (κ2) is 12.3. The van der Waals surface area contributed by atoms with Crippen molar-refractivity contribution in [1.29, 1.82) is 0 Å². The highest BCUT2D eigenvalue weighted by Gasteiger charge is 2.33. The number of anilines is 1. The molecule has 0 spiro atoms. The lowest BCUT2D eigenvalue weighted by Gasteiger charge is -2.33. The van der Waals surface area contributed by atoms with E-state index in [0.717, 1.165) is 21.0 Å². The highest BCUT2D eigenvalue weighted by Crippen LogP contribution is 2.26. The van der Waals surface area contributed by atoms with Crippen molar-refractivity contribution in [2.24, 2.45) is 0 Å². The van der Waals surface area contributed by atoms with E-state index in [1.165, 1.54) is 36.2 Å². The summed E-state index contributed by atoms with van der Waals surface area (Å²) in [5, 5.41) is 3.02. The first kappa shape index (κ1) is 28.2. The molecule has 0 radical (unpaired) electrons. The number of hydrogen-bond acceptors (Lipinski definition) is 4. The molecule has 0 saturated carbocycles. The molecule has 196 valence electrons. The number of amides is 2. The van der Waals surface area contributed by atoms with Crippen LogP contribution in [0.1, 0.15) is 30.0 Å². The molecule has 9 heteroatoms. The summed E-state index contributed by atoms with van der Waals surface area (Å²) in [7, 11) is -2.61. The first-order chi connectivity index (χ1) is 17.6. The third-order valence-corrected chi connectivity index (χ3v) is 8.15. The fraction of sp³-hybridized carbons (Fsp3) is 0.286. The molecule has 0 fully saturated rings. The van der Waals surface area contributed by atoms with Gasteiger partial charge < -0.3 is 10.2 Å². The van der Waals surface area contributed by atoms with E-state index in [9.17, 15) is 18.0 Å². The molecule has 7 nitrogen and oxygen atoms in total. The van der Waals surface area contributed by atoms with Crippen LogP contribution in [0.3, 0.4) is 0 Å². The Labute approximate surface area is 224 Å². The number of halogens is 1. The topological polar surface area (TPSA) is 86.8 Å². The van der Waals surface area contributed by atoms with E-state index in [-0.39, 0.29) is 17.3 Å². The quantitative estimate of drug-likeness (QED) is 0.403. The lowest BCUT2D eigenvalue weighted by atomic mass is 10.1. The zero-order chi connectivity index (χ0) is 27.2. The molecule has 0 bridgehead atoms. The Kier molecular flexibility index (Phi) is 9.34. The van der Waals surface area contributed by atoms with E-state index in [1.54, 1.807) is 24.3 Å². The zero-order valence-electron chi connectivity index (χ0n) is 21.4. The number of nitrogens with one attached hydrogen (secondary N) is 1. The van der Waals surface area contributed by atoms with Gasteiger partial charge in [0, 0.05) is 18.6 Å². The van der Waals surface area contributed by atoms with Crippen molar-refractivity contribution in [1.82, 2.24) is 10.2 Å². The highest BCUT2D eigenvalue weighted by molar-refractivity contribution is 7.92. The van der Waals surface area contributed by atoms with Gasteiger partial charge in [0.05, 0.1) is 10.6 Å². The van der Waals surface area contributed by atoms with Crippen molar-refractivity contribution >= 4 is 39.1 Å². The van der Waals surface area contributed by atoms with Crippen LogP contribution in [0.15, 0.2) is 77.7 Å². The molecule has 0 saturated heterocycles. The number of likely N-dealkylation sites (N-methyl/N-ethyl adjacent to an activating group) is 1. The van der Waals surface area contributed by atoms with Crippen molar-refractivity contribution in [3.8, 4) is 0 Å². The predicted molar refractivity (Wildman–Crippen MR) is 147 cm³/mol. The van der Waals surface area contributed by atoms with E-state index < -0.39 is 28.5 Å². The number of aryl methyl sites for hydroxylation is 2. The summed E-state index contributed by atoms with van der Waals surface area (Å²) < 4.78 is 28.6. The van der Waals surface area contributed by atoms with Gasteiger partial charge in [-0.15, -0.1) is 0 Å². The number of benzene rings is 3. The first-order valence-electron chi connectivity index (χ1n) is 12.0. The van der Waals surface area contributed by atoms with Crippen LogP contribution in [-0.4, -0.2) is 44.8 Å². The van der Waals surface area contributed by atoms with E-state index >= 15 is 0 Å². The minimum absolute atomic E-state index is 0.00806. The Morgan fingerprint density at radius 2 is 1.43 bits per heavy atom. The molecular weight excluding hydrogens is 510 g/mol. The summed E-state index contributed by atoms with van der Waals surface area (Å²) in [6, 6.07) is 19.6. The SMILES string of the molecule is CC[C@H](C(=O)NC)N(Cc1ccc(C)cc1)C(=O)CN(c1ccc(C)cc1)S(=O)(=O)c1ccc(Cl)cc1. The number of carbonyl (C=O) groups is 2. The number of hydrogen-bond donors (Lipinski definition) is 1. The molecule has 1 atom stereocenters. The van der Waals surface area contributed by atoms with Crippen LogP contribution in [0.25, 0.3) is 0 Å².